The average molecular weight is 1190 g/mol. The minimum atomic E-state index is -1.66. The molecule has 0 aliphatic heterocycles. The van der Waals surface area contributed by atoms with Gasteiger partial charge in [-0.3, -0.25) is 53.3 Å². The number of rotatable bonds is 37. The average Bonchev–Trinajstić information content (AvgIpc) is 3.44. The lowest BCUT2D eigenvalue weighted by Gasteiger charge is -2.29. The van der Waals surface area contributed by atoms with Gasteiger partial charge in [-0.25, -0.2) is 4.98 Å². The number of aliphatic hydroxyl groups is 2. The number of ketones is 3. The number of nitrogens with zero attached hydrogens (tertiary/aromatic N) is 2. The van der Waals surface area contributed by atoms with Crippen LogP contribution in [-0.4, -0.2) is 162 Å². The Kier molecular flexibility index (Phi) is 30.5. The van der Waals surface area contributed by atoms with Crippen LogP contribution in [0.4, 0.5) is 5.69 Å². The minimum absolute atomic E-state index is 0.0178. The molecule has 0 saturated heterocycles. The molecule has 0 aliphatic carbocycles. The van der Waals surface area contributed by atoms with Gasteiger partial charge in [0.05, 0.1) is 45.5 Å². The van der Waals surface area contributed by atoms with Gasteiger partial charge in [-0.2, -0.15) is 0 Å². The smallest absolute Gasteiger partial charge is 0.302 e. The van der Waals surface area contributed by atoms with E-state index in [0.29, 0.717) is 10.5 Å². The highest BCUT2D eigenvalue weighted by molar-refractivity contribution is 8.76. The molecule has 1 heterocycles. The van der Waals surface area contributed by atoms with E-state index in [2.05, 4.69) is 47.5 Å². The number of carbonyl (C=O) groups excluding carboxylic acids is 10. The predicted molar refractivity (Wildman–Crippen MR) is 302 cm³/mol. The van der Waals surface area contributed by atoms with E-state index in [9.17, 15) is 68.3 Å². The fourth-order valence-electron chi connectivity index (χ4n) is 7.92. The molecule has 2 aromatic rings. The second-order valence-corrected chi connectivity index (χ2v) is 22.6. The van der Waals surface area contributed by atoms with Gasteiger partial charge in [0.2, 0.25) is 47.1 Å². The number of methoxy groups -OCH3 is 3. The van der Waals surface area contributed by atoms with Crippen molar-refractivity contribution >= 4 is 86.0 Å². The summed E-state index contributed by atoms with van der Waals surface area (Å²) in [6.07, 6.45) is 0.913. The molecule has 0 radical (unpaired) electrons. The predicted octanol–water partition coefficient (Wildman–Crippen LogP) is 1.36. The van der Waals surface area contributed by atoms with Crippen LogP contribution in [0.3, 0.4) is 0 Å². The van der Waals surface area contributed by atoms with Gasteiger partial charge < -0.3 is 71.8 Å². The highest BCUT2D eigenvalue weighted by Gasteiger charge is 2.36. The van der Waals surface area contributed by atoms with Crippen LogP contribution in [0.15, 0.2) is 34.3 Å². The van der Waals surface area contributed by atoms with Gasteiger partial charge in [0.15, 0.2) is 22.3 Å². The largest absolute Gasteiger partial charge is 0.493 e. The second-order valence-electron chi connectivity index (χ2n) is 20.5. The summed E-state index contributed by atoms with van der Waals surface area (Å²) in [5, 5.41) is 51.9. The van der Waals surface area contributed by atoms with Gasteiger partial charge in [-0.05, 0) is 87.6 Å². The van der Waals surface area contributed by atoms with Crippen LogP contribution in [0.25, 0.3) is 0 Å². The van der Waals surface area contributed by atoms with Crippen molar-refractivity contribution in [2.75, 3.05) is 34.5 Å². The molecule has 29 heteroatoms. The van der Waals surface area contributed by atoms with E-state index in [1.165, 1.54) is 53.5 Å². The number of carbonyl (C=O) groups is 10. The van der Waals surface area contributed by atoms with E-state index in [4.69, 9.17) is 14.2 Å². The fraction of sp³-hybridized carbons (Fsp3) is 0.604. The molecule has 10 N–H and O–H groups in total. The van der Waals surface area contributed by atoms with Crippen molar-refractivity contribution in [3.05, 3.63) is 40.1 Å². The zero-order chi connectivity index (χ0) is 62.1. The number of Topliss-reactive ketones (excluding diaryl/α,β-unsaturated/α-hetero) is 3. The standard InChI is InChI=1S/C53H80N10O17S2/c1-26(2)19-35(48(71)58-36(20-27(3)4)50(73)62-43(28(5)6)52(75)59-37(21-30(8)67)49(72)61-39(25-65)51(74)60-38(24-64)32(10)68)57-46(69)31(9)56-47(70)34(17-16-29(7)66)55-23-33-42(22-41(78-11)45(80-13)44(33)79-12)81-82-53-40(63(76)77)15-14-18-54-53/h14-15,18,22,26-28,31,34-39,43,55,64-65H,16-17,19-21,23-25H2,1-13H3,(H,56,70)(H,57,69)(H,58,71)(H,59,75)(H,60,74)(H,61,72)(H,62,73)/t31-,34-,35-,36-,37-,38-,39-,43-/m0/s1. The SMILES string of the molecule is COc1cc(SSc2ncccc2[N+](=O)[O-])c(CN[C@@H](CCC(C)=O)C(=O)N[C@@H](C)C(=O)N[C@@H](CC(C)C)C(=O)N[C@@H](CC(C)C)C(=O)N[C@H](C(=O)N[C@@H](CC(C)=O)C(=O)N[C@@H](CO)C(=O)N[C@@H](CO)C(C)=O)C(C)C)c(OC)c1OC. The lowest BCUT2D eigenvalue weighted by Crippen LogP contribution is -2.61. The van der Waals surface area contributed by atoms with Crippen molar-refractivity contribution in [3.63, 3.8) is 0 Å². The normalized spacial score (nSPS) is 14.1. The topological polar surface area (TPSA) is 391 Å². The highest BCUT2D eigenvalue weighted by atomic mass is 33.1. The van der Waals surface area contributed by atoms with Gasteiger partial charge in [0, 0.05) is 42.1 Å². The molecule has 0 aliphatic rings. The number of nitro groups is 1. The molecule has 82 heavy (non-hydrogen) atoms. The Morgan fingerprint density at radius 3 is 1.63 bits per heavy atom. The number of hydrogen-bond acceptors (Lipinski definition) is 21. The van der Waals surface area contributed by atoms with E-state index in [0.717, 1.165) is 35.4 Å². The van der Waals surface area contributed by atoms with E-state index in [1.807, 2.05) is 0 Å². The Bertz CT molecular complexity index is 2590. The molecule has 27 nitrogen and oxygen atoms in total. The number of amides is 7. The lowest BCUT2D eigenvalue weighted by atomic mass is 9.98. The van der Waals surface area contributed by atoms with E-state index < -0.39 is 132 Å². The Labute approximate surface area is 484 Å². The van der Waals surface area contributed by atoms with Crippen molar-refractivity contribution in [3.8, 4) is 17.2 Å². The van der Waals surface area contributed by atoms with Crippen LogP contribution < -0.4 is 56.7 Å². The van der Waals surface area contributed by atoms with Crippen LogP contribution >= 0.6 is 21.6 Å². The number of nitrogens with one attached hydrogen (secondary N) is 8. The van der Waals surface area contributed by atoms with Crippen LogP contribution in [0.2, 0.25) is 0 Å². The summed E-state index contributed by atoms with van der Waals surface area (Å²) in [5.41, 5.74) is 0.222. The summed E-state index contributed by atoms with van der Waals surface area (Å²) in [6.45, 7) is 13.5. The summed E-state index contributed by atoms with van der Waals surface area (Å²) in [6, 6.07) is -6.50. The summed E-state index contributed by atoms with van der Waals surface area (Å²) in [7, 11) is 6.31. The van der Waals surface area contributed by atoms with Crippen molar-refractivity contribution in [1.82, 2.24) is 47.5 Å². The number of hydrogen-bond donors (Lipinski definition) is 10. The fourth-order valence-corrected chi connectivity index (χ4v) is 10.2. The van der Waals surface area contributed by atoms with Crippen molar-refractivity contribution in [1.29, 1.82) is 0 Å². The number of aliphatic hydroxyl groups excluding tert-OH is 2. The van der Waals surface area contributed by atoms with Crippen LogP contribution in [-0.2, 0) is 54.5 Å². The van der Waals surface area contributed by atoms with Gasteiger partial charge in [0.25, 0.3) is 0 Å². The summed E-state index contributed by atoms with van der Waals surface area (Å²) in [4.78, 5) is 149. The molecule has 2 rings (SSSR count). The molecule has 7 amide bonds. The van der Waals surface area contributed by atoms with Crippen LogP contribution in [0.1, 0.15) is 107 Å². The number of benzene rings is 1. The maximum absolute atomic E-state index is 14.2. The van der Waals surface area contributed by atoms with Gasteiger partial charge in [-0.15, -0.1) is 0 Å². The molecular weight excluding hydrogens is 1110 g/mol. The summed E-state index contributed by atoms with van der Waals surface area (Å²) in [5.74, 6) is -7.81. The maximum Gasteiger partial charge on any atom is 0.302 e. The summed E-state index contributed by atoms with van der Waals surface area (Å²) < 4.78 is 17.0. The molecule has 0 fully saturated rings. The first-order valence-corrected chi connectivity index (χ1v) is 28.5. The van der Waals surface area contributed by atoms with Crippen molar-refractivity contribution in [2.45, 2.75) is 166 Å². The number of pyridine rings is 1. The molecule has 456 valence electrons. The van der Waals surface area contributed by atoms with Gasteiger partial charge >= 0.3 is 5.69 Å². The van der Waals surface area contributed by atoms with E-state index in [1.54, 1.807) is 47.6 Å². The van der Waals surface area contributed by atoms with Gasteiger partial charge in [-0.1, -0.05) is 52.3 Å². The second kappa shape index (κ2) is 35.1. The minimum Gasteiger partial charge on any atom is -0.493 e. The molecule has 0 saturated carbocycles. The Hall–Kier alpha value is -6.95. The first-order chi connectivity index (χ1) is 38.5. The van der Waals surface area contributed by atoms with E-state index >= 15 is 0 Å². The number of aromatic nitrogens is 1. The molecule has 8 atom stereocenters. The maximum atomic E-state index is 14.2. The summed E-state index contributed by atoms with van der Waals surface area (Å²) >= 11 is 0. The Morgan fingerprint density at radius 1 is 0.622 bits per heavy atom. The molecular formula is C53H80N10O17S2. The zero-order valence-corrected chi connectivity index (χ0v) is 50.2. The molecule has 0 spiro atoms. The van der Waals surface area contributed by atoms with E-state index in [-0.39, 0.29) is 77.8 Å². The molecule has 1 aromatic carbocycles. The monoisotopic (exact) mass is 1190 g/mol. The zero-order valence-electron chi connectivity index (χ0n) is 48.5. The molecule has 0 unspecified atom stereocenters. The third-order valence-electron chi connectivity index (χ3n) is 12.3. The third kappa shape index (κ3) is 22.8. The first kappa shape index (κ1) is 71.2. The van der Waals surface area contributed by atoms with Crippen LogP contribution in [0.5, 0.6) is 17.2 Å². The third-order valence-corrected chi connectivity index (χ3v) is 14.6. The molecule has 1 aromatic heterocycles. The first-order valence-electron chi connectivity index (χ1n) is 26.4. The van der Waals surface area contributed by atoms with Gasteiger partial charge in [0.1, 0.15) is 53.9 Å². The number of ether oxygens (including phenoxy) is 3. The Morgan fingerprint density at radius 2 is 1.13 bits per heavy atom. The highest BCUT2D eigenvalue weighted by Crippen LogP contribution is 2.49. The van der Waals surface area contributed by atoms with Crippen LogP contribution in [0, 0.1) is 27.9 Å². The quantitative estimate of drug-likeness (QED) is 0.0259. The molecule has 0 bridgehead atoms. The van der Waals surface area contributed by atoms with Crippen molar-refractivity contribution < 1.29 is 77.3 Å². The lowest BCUT2D eigenvalue weighted by molar-refractivity contribution is -0.388. The Balaban J connectivity index is 2.37. The van der Waals surface area contributed by atoms with Crippen molar-refractivity contribution in [2.24, 2.45) is 17.8 Å².